The predicted molar refractivity (Wildman–Crippen MR) is 83.5 cm³/mol. The van der Waals surface area contributed by atoms with Gasteiger partial charge in [-0.1, -0.05) is 18.2 Å². The number of nitrogens with two attached hydrogens (primary N) is 1. The Morgan fingerprint density at radius 1 is 1.38 bits per heavy atom. The highest BCUT2D eigenvalue weighted by Crippen LogP contribution is 2.28. The van der Waals surface area contributed by atoms with Crippen molar-refractivity contribution in [3.05, 3.63) is 35.9 Å². The van der Waals surface area contributed by atoms with E-state index >= 15 is 0 Å². The van der Waals surface area contributed by atoms with Gasteiger partial charge in [-0.25, -0.2) is 4.79 Å². The molecule has 0 unspecified atom stereocenters. The van der Waals surface area contributed by atoms with Crippen LogP contribution in [-0.4, -0.2) is 52.0 Å². The number of ether oxygens (including phenoxy) is 2. The van der Waals surface area contributed by atoms with Gasteiger partial charge in [-0.05, 0) is 12.1 Å². The second-order valence-corrected chi connectivity index (χ2v) is 7.04. The molecule has 0 spiro atoms. The summed E-state index contributed by atoms with van der Waals surface area (Å²) in [6, 6.07) is 8.24. The van der Waals surface area contributed by atoms with Crippen LogP contribution in [0, 0.1) is 5.92 Å². The molecule has 3 atom stereocenters. The van der Waals surface area contributed by atoms with Gasteiger partial charge in [0.2, 0.25) is 0 Å². The van der Waals surface area contributed by atoms with E-state index in [0.29, 0.717) is 5.56 Å². The molecule has 1 saturated heterocycles. The maximum atomic E-state index is 12.0. The molecule has 0 amide bonds. The predicted octanol–water partition coefficient (Wildman–Crippen LogP) is 0.0786. The average molecular weight is 357 g/mol. The van der Waals surface area contributed by atoms with E-state index in [4.69, 9.17) is 19.4 Å². The molecule has 132 valence electrons. The van der Waals surface area contributed by atoms with Crippen molar-refractivity contribution in [2.75, 3.05) is 19.4 Å². The quantitative estimate of drug-likeness (QED) is 0.538. The Bertz CT molecular complexity index is 689. The average Bonchev–Trinajstić information content (AvgIpc) is 2.92. The van der Waals surface area contributed by atoms with Crippen molar-refractivity contribution in [2.45, 2.75) is 18.6 Å². The van der Waals surface area contributed by atoms with E-state index in [2.05, 4.69) is 0 Å². The Morgan fingerprint density at radius 3 is 2.62 bits per heavy atom. The minimum absolute atomic E-state index is 0.0205. The summed E-state index contributed by atoms with van der Waals surface area (Å²) in [7, 11) is -3.82. The Hall–Kier alpha value is -1.97. The maximum absolute atomic E-state index is 12.0. The van der Waals surface area contributed by atoms with Gasteiger partial charge in [0.25, 0.3) is 10.1 Å². The monoisotopic (exact) mass is 357 g/mol. The highest BCUT2D eigenvalue weighted by atomic mass is 32.2. The minimum Gasteiger partial charge on any atom is -0.461 e. The molecule has 1 fully saturated rings. The van der Waals surface area contributed by atoms with Gasteiger partial charge < -0.3 is 15.2 Å². The van der Waals surface area contributed by atoms with Crippen LogP contribution in [0.2, 0.25) is 0 Å². The van der Waals surface area contributed by atoms with Gasteiger partial charge in [0.1, 0.15) is 18.8 Å². The van der Waals surface area contributed by atoms with Crippen LogP contribution in [-0.2, 0) is 28.6 Å². The Balaban J connectivity index is 2.09. The fraction of sp³-hybridized carbons (Fsp3) is 0.467. The lowest BCUT2D eigenvalue weighted by molar-refractivity contribution is -0.141. The molecule has 0 aromatic heterocycles. The van der Waals surface area contributed by atoms with Gasteiger partial charge in [-0.3, -0.25) is 8.98 Å². The first-order valence-corrected chi connectivity index (χ1v) is 9.12. The molecule has 1 aromatic carbocycles. The third-order valence-corrected chi connectivity index (χ3v) is 4.16. The summed E-state index contributed by atoms with van der Waals surface area (Å²) in [5, 5.41) is 0. The fourth-order valence-corrected chi connectivity index (χ4v) is 3.13. The van der Waals surface area contributed by atoms with Crippen LogP contribution in [0.15, 0.2) is 30.3 Å². The molecule has 0 aliphatic carbocycles. The molecule has 2 N–H and O–H groups in total. The Kier molecular flexibility index (Phi) is 5.92. The number of carbonyl (C=O) groups excluding carboxylic acids is 2. The third-order valence-electron chi connectivity index (χ3n) is 3.56. The second kappa shape index (κ2) is 7.73. The summed E-state index contributed by atoms with van der Waals surface area (Å²) < 4.78 is 38.1. The molecule has 1 heterocycles. The van der Waals surface area contributed by atoms with Gasteiger partial charge in [0, 0.05) is 12.5 Å². The first-order valence-electron chi connectivity index (χ1n) is 7.30. The van der Waals surface area contributed by atoms with Crippen molar-refractivity contribution in [3.8, 4) is 0 Å². The van der Waals surface area contributed by atoms with Crippen LogP contribution >= 0.6 is 0 Å². The van der Waals surface area contributed by atoms with Crippen molar-refractivity contribution in [3.63, 3.8) is 0 Å². The molecular weight excluding hydrogens is 338 g/mol. The highest BCUT2D eigenvalue weighted by Gasteiger charge is 2.42. The first-order chi connectivity index (χ1) is 11.3. The third kappa shape index (κ3) is 5.02. The van der Waals surface area contributed by atoms with Crippen LogP contribution < -0.4 is 5.73 Å². The normalized spacial score (nSPS) is 22.0. The van der Waals surface area contributed by atoms with Gasteiger partial charge in [0.15, 0.2) is 0 Å². The number of hydrogen-bond acceptors (Lipinski definition) is 8. The molecule has 0 saturated carbocycles. The van der Waals surface area contributed by atoms with Crippen LogP contribution in [0.4, 0.5) is 0 Å². The topological polar surface area (TPSA) is 122 Å². The van der Waals surface area contributed by atoms with Crippen molar-refractivity contribution < 1.29 is 31.7 Å². The molecule has 0 radical (unpaired) electrons. The Morgan fingerprint density at radius 2 is 2.04 bits per heavy atom. The van der Waals surface area contributed by atoms with Crippen LogP contribution in [0.3, 0.4) is 0 Å². The van der Waals surface area contributed by atoms with E-state index in [1.54, 1.807) is 30.3 Å². The number of rotatable bonds is 7. The van der Waals surface area contributed by atoms with Gasteiger partial charge in [-0.15, -0.1) is 0 Å². The molecule has 1 aliphatic rings. The van der Waals surface area contributed by atoms with E-state index in [1.807, 2.05) is 0 Å². The number of benzene rings is 1. The van der Waals surface area contributed by atoms with E-state index in [-0.39, 0.29) is 19.6 Å². The number of hydrogen-bond donors (Lipinski definition) is 1. The minimum atomic E-state index is -3.82. The zero-order valence-corrected chi connectivity index (χ0v) is 13.9. The summed E-state index contributed by atoms with van der Waals surface area (Å²) in [5.74, 6) is -1.72. The van der Waals surface area contributed by atoms with Crippen molar-refractivity contribution in [2.24, 2.45) is 11.7 Å². The first kappa shape index (κ1) is 18.4. The van der Waals surface area contributed by atoms with E-state index in [1.165, 1.54) is 0 Å². The lowest BCUT2D eigenvalue weighted by atomic mass is 9.95. The highest BCUT2D eigenvalue weighted by molar-refractivity contribution is 7.86. The largest absolute Gasteiger partial charge is 0.461 e. The van der Waals surface area contributed by atoms with Crippen molar-refractivity contribution in [1.29, 1.82) is 0 Å². The molecular formula is C15H19NO7S. The molecule has 1 aromatic rings. The number of esters is 2. The molecule has 1 aliphatic heterocycles. The zero-order chi connectivity index (χ0) is 17.7. The lowest BCUT2D eigenvalue weighted by Gasteiger charge is -2.24. The SMILES string of the molecule is CS(=O)(=O)O[C@@H](COC(=O)c1ccccc1)[C@H]1CC(=O)O[C@H]1CN. The fourth-order valence-electron chi connectivity index (χ4n) is 2.48. The van der Waals surface area contributed by atoms with Crippen molar-refractivity contribution in [1.82, 2.24) is 0 Å². The molecule has 2 rings (SSSR count). The summed E-state index contributed by atoms with van der Waals surface area (Å²) in [5.41, 5.74) is 5.87. The van der Waals surface area contributed by atoms with Crippen LogP contribution in [0.5, 0.6) is 0 Å². The van der Waals surface area contributed by atoms with E-state index in [9.17, 15) is 18.0 Å². The van der Waals surface area contributed by atoms with Crippen molar-refractivity contribution >= 4 is 22.1 Å². The molecule has 24 heavy (non-hydrogen) atoms. The summed E-state index contributed by atoms with van der Waals surface area (Å²) in [6.45, 7) is -0.314. The van der Waals surface area contributed by atoms with Crippen LogP contribution in [0.1, 0.15) is 16.8 Å². The van der Waals surface area contributed by atoms with Gasteiger partial charge in [-0.2, -0.15) is 8.42 Å². The summed E-state index contributed by atoms with van der Waals surface area (Å²) >= 11 is 0. The van der Waals surface area contributed by atoms with Gasteiger partial charge in [0.05, 0.1) is 18.2 Å². The summed E-state index contributed by atoms with van der Waals surface area (Å²) in [6.07, 6.45) is -0.897. The van der Waals surface area contributed by atoms with E-state index < -0.39 is 40.2 Å². The lowest BCUT2D eigenvalue weighted by Crippen LogP contribution is -2.39. The zero-order valence-electron chi connectivity index (χ0n) is 13.1. The molecule has 9 heteroatoms. The number of carbonyl (C=O) groups is 2. The van der Waals surface area contributed by atoms with E-state index in [0.717, 1.165) is 6.26 Å². The smallest absolute Gasteiger partial charge is 0.338 e. The molecule has 0 bridgehead atoms. The van der Waals surface area contributed by atoms with Crippen LogP contribution in [0.25, 0.3) is 0 Å². The second-order valence-electron chi connectivity index (χ2n) is 5.44. The number of cyclic esters (lactones) is 1. The van der Waals surface area contributed by atoms with Gasteiger partial charge >= 0.3 is 11.9 Å². The Labute approximate surface area is 140 Å². The molecule has 8 nitrogen and oxygen atoms in total. The maximum Gasteiger partial charge on any atom is 0.338 e. The summed E-state index contributed by atoms with van der Waals surface area (Å²) in [4.78, 5) is 23.5. The standard InChI is InChI=1S/C15H19NO7S/c1-24(19,20)23-13(11-7-14(17)22-12(11)8-16)9-21-15(18)10-5-3-2-4-6-10/h2-6,11-13H,7-9,16H2,1H3/t11-,12-,13-/m0/s1.